The molecular formula is C11H10BrFN2O2. The molecule has 1 atom stereocenters. The van der Waals surface area contributed by atoms with Crippen LogP contribution in [0.15, 0.2) is 22.8 Å². The number of carboxylic acids is 1. The van der Waals surface area contributed by atoms with Crippen molar-refractivity contribution in [1.82, 2.24) is 4.98 Å². The molecule has 1 aromatic carbocycles. The Labute approximate surface area is 105 Å². The van der Waals surface area contributed by atoms with Crippen molar-refractivity contribution < 1.29 is 14.3 Å². The number of benzene rings is 1. The van der Waals surface area contributed by atoms with Gasteiger partial charge in [0, 0.05) is 28.0 Å². The van der Waals surface area contributed by atoms with E-state index in [1.165, 1.54) is 12.1 Å². The summed E-state index contributed by atoms with van der Waals surface area (Å²) in [6.45, 7) is 0. The number of nitrogens with two attached hydrogens (primary N) is 1. The monoisotopic (exact) mass is 300 g/mol. The van der Waals surface area contributed by atoms with Crippen LogP contribution in [0.4, 0.5) is 4.39 Å². The van der Waals surface area contributed by atoms with Gasteiger partial charge in [0.25, 0.3) is 0 Å². The third-order valence-electron chi connectivity index (χ3n) is 2.54. The number of carboxylic acid groups (broad SMARTS) is 1. The normalized spacial score (nSPS) is 12.9. The smallest absolute Gasteiger partial charge is 0.320 e. The van der Waals surface area contributed by atoms with Gasteiger partial charge in [0.05, 0.1) is 0 Å². The van der Waals surface area contributed by atoms with Crippen LogP contribution < -0.4 is 5.73 Å². The highest BCUT2D eigenvalue weighted by molar-refractivity contribution is 9.10. The summed E-state index contributed by atoms with van der Waals surface area (Å²) in [5, 5.41) is 9.53. The number of carbonyl (C=O) groups is 1. The number of fused-ring (bicyclic) bond motifs is 1. The lowest BCUT2D eigenvalue weighted by Gasteiger charge is -2.05. The molecule has 1 aromatic heterocycles. The lowest BCUT2D eigenvalue weighted by atomic mass is 10.1. The van der Waals surface area contributed by atoms with Crippen LogP contribution in [0.1, 0.15) is 5.56 Å². The molecule has 0 aliphatic carbocycles. The molecule has 0 bridgehead atoms. The van der Waals surface area contributed by atoms with E-state index < -0.39 is 12.0 Å². The molecule has 4 N–H and O–H groups in total. The zero-order valence-corrected chi connectivity index (χ0v) is 10.3. The highest BCUT2D eigenvalue weighted by Crippen LogP contribution is 2.28. The number of nitrogens with one attached hydrogen (secondary N) is 1. The van der Waals surface area contributed by atoms with Gasteiger partial charge in [-0.15, -0.1) is 0 Å². The van der Waals surface area contributed by atoms with E-state index in [4.69, 9.17) is 10.8 Å². The average Bonchev–Trinajstić information content (AvgIpc) is 2.60. The van der Waals surface area contributed by atoms with Crippen molar-refractivity contribution in [2.75, 3.05) is 0 Å². The average molecular weight is 301 g/mol. The zero-order valence-electron chi connectivity index (χ0n) is 8.71. The molecule has 1 unspecified atom stereocenters. The Balaban J connectivity index is 2.46. The molecule has 0 aliphatic rings. The van der Waals surface area contributed by atoms with Crippen molar-refractivity contribution in [3.8, 4) is 0 Å². The van der Waals surface area contributed by atoms with Crippen LogP contribution in [0.3, 0.4) is 0 Å². The van der Waals surface area contributed by atoms with E-state index in [1.807, 2.05) is 0 Å². The highest BCUT2D eigenvalue weighted by Gasteiger charge is 2.16. The Morgan fingerprint density at radius 3 is 2.94 bits per heavy atom. The van der Waals surface area contributed by atoms with E-state index in [0.717, 1.165) is 10.9 Å². The first-order valence-electron chi connectivity index (χ1n) is 4.92. The van der Waals surface area contributed by atoms with Crippen molar-refractivity contribution in [2.24, 2.45) is 5.73 Å². The number of rotatable bonds is 3. The van der Waals surface area contributed by atoms with Gasteiger partial charge in [-0.2, -0.15) is 0 Å². The van der Waals surface area contributed by atoms with Crippen molar-refractivity contribution in [3.05, 3.63) is 34.2 Å². The van der Waals surface area contributed by atoms with Gasteiger partial charge in [-0.05, 0) is 33.6 Å². The van der Waals surface area contributed by atoms with Crippen LogP contribution in [-0.4, -0.2) is 22.1 Å². The summed E-state index contributed by atoms with van der Waals surface area (Å²) in [7, 11) is 0. The Morgan fingerprint density at radius 1 is 1.59 bits per heavy atom. The summed E-state index contributed by atoms with van der Waals surface area (Å²) < 4.78 is 13.7. The molecule has 90 valence electrons. The van der Waals surface area contributed by atoms with Gasteiger partial charge in [0.1, 0.15) is 11.9 Å². The van der Waals surface area contributed by atoms with E-state index in [0.29, 0.717) is 9.99 Å². The van der Waals surface area contributed by atoms with Crippen LogP contribution in [0.2, 0.25) is 0 Å². The van der Waals surface area contributed by atoms with Gasteiger partial charge >= 0.3 is 5.97 Å². The minimum absolute atomic E-state index is 0.194. The van der Waals surface area contributed by atoms with E-state index in [-0.39, 0.29) is 12.2 Å². The SMILES string of the molecule is NC(Cc1c[nH]c2cc(F)cc(Br)c12)C(=O)O. The second kappa shape index (κ2) is 4.46. The Kier molecular flexibility index (Phi) is 3.17. The molecular weight excluding hydrogens is 291 g/mol. The molecule has 0 radical (unpaired) electrons. The molecule has 0 saturated heterocycles. The molecule has 0 saturated carbocycles. The van der Waals surface area contributed by atoms with Gasteiger partial charge in [-0.3, -0.25) is 4.79 Å². The second-order valence-electron chi connectivity index (χ2n) is 3.77. The van der Waals surface area contributed by atoms with E-state index in [1.54, 1.807) is 6.20 Å². The minimum Gasteiger partial charge on any atom is -0.480 e. The van der Waals surface area contributed by atoms with Crippen LogP contribution in [0.5, 0.6) is 0 Å². The van der Waals surface area contributed by atoms with Gasteiger partial charge in [-0.25, -0.2) is 4.39 Å². The number of H-pyrrole nitrogens is 1. The number of aliphatic carboxylic acids is 1. The standard InChI is InChI=1S/C11H10BrFN2O2/c12-7-2-6(13)3-9-10(7)5(4-15-9)1-8(14)11(16)17/h2-4,8,15H,1,14H2,(H,16,17). The fourth-order valence-electron chi connectivity index (χ4n) is 1.74. The van der Waals surface area contributed by atoms with Crippen molar-refractivity contribution in [1.29, 1.82) is 0 Å². The van der Waals surface area contributed by atoms with Crippen LogP contribution >= 0.6 is 15.9 Å². The van der Waals surface area contributed by atoms with E-state index in [2.05, 4.69) is 20.9 Å². The van der Waals surface area contributed by atoms with Crippen LogP contribution in [-0.2, 0) is 11.2 Å². The van der Waals surface area contributed by atoms with Crippen LogP contribution in [0.25, 0.3) is 10.9 Å². The summed E-state index contributed by atoms with van der Waals surface area (Å²) >= 11 is 3.26. The first-order chi connectivity index (χ1) is 7.99. The van der Waals surface area contributed by atoms with Gasteiger partial charge in [0.2, 0.25) is 0 Å². The number of halogens is 2. The molecule has 17 heavy (non-hydrogen) atoms. The lowest BCUT2D eigenvalue weighted by Crippen LogP contribution is -2.32. The Hall–Kier alpha value is -1.40. The maximum atomic E-state index is 13.1. The first kappa shape index (κ1) is 12.1. The van der Waals surface area contributed by atoms with E-state index >= 15 is 0 Å². The van der Waals surface area contributed by atoms with Crippen molar-refractivity contribution >= 4 is 32.8 Å². The number of aromatic nitrogens is 1. The molecule has 0 spiro atoms. The molecule has 6 heteroatoms. The summed E-state index contributed by atoms with van der Waals surface area (Å²) in [5.41, 5.74) is 6.84. The highest BCUT2D eigenvalue weighted by atomic mass is 79.9. The van der Waals surface area contributed by atoms with Crippen molar-refractivity contribution in [2.45, 2.75) is 12.5 Å². The largest absolute Gasteiger partial charge is 0.480 e. The Morgan fingerprint density at radius 2 is 2.29 bits per heavy atom. The molecule has 2 rings (SSSR count). The number of hydrogen-bond donors (Lipinski definition) is 3. The molecule has 0 fully saturated rings. The summed E-state index contributed by atoms with van der Waals surface area (Å²) in [5.74, 6) is -1.42. The first-order valence-corrected chi connectivity index (χ1v) is 5.71. The molecule has 4 nitrogen and oxygen atoms in total. The second-order valence-corrected chi connectivity index (χ2v) is 4.63. The number of aromatic amines is 1. The summed E-state index contributed by atoms with van der Waals surface area (Å²) in [6, 6.07) is 1.73. The molecule has 0 amide bonds. The minimum atomic E-state index is -1.06. The predicted molar refractivity (Wildman–Crippen MR) is 65.3 cm³/mol. The van der Waals surface area contributed by atoms with Crippen molar-refractivity contribution in [3.63, 3.8) is 0 Å². The topological polar surface area (TPSA) is 79.1 Å². The maximum absolute atomic E-state index is 13.1. The lowest BCUT2D eigenvalue weighted by molar-refractivity contribution is -0.138. The van der Waals surface area contributed by atoms with E-state index in [9.17, 15) is 9.18 Å². The Bertz CT molecular complexity index is 582. The van der Waals surface area contributed by atoms with Gasteiger partial charge in [0.15, 0.2) is 0 Å². The predicted octanol–water partition coefficient (Wildman–Crippen LogP) is 2.02. The molecule has 1 heterocycles. The third kappa shape index (κ3) is 2.32. The van der Waals surface area contributed by atoms with Crippen LogP contribution in [0, 0.1) is 5.82 Å². The fourth-order valence-corrected chi connectivity index (χ4v) is 2.42. The summed E-state index contributed by atoms with van der Waals surface area (Å²) in [4.78, 5) is 13.6. The molecule has 2 aromatic rings. The maximum Gasteiger partial charge on any atom is 0.320 e. The zero-order chi connectivity index (χ0) is 12.6. The third-order valence-corrected chi connectivity index (χ3v) is 3.16. The quantitative estimate of drug-likeness (QED) is 0.811. The summed E-state index contributed by atoms with van der Waals surface area (Å²) in [6.07, 6.45) is 1.84. The fraction of sp³-hybridized carbons (Fsp3) is 0.182. The van der Waals surface area contributed by atoms with Gasteiger partial charge in [-0.1, -0.05) is 0 Å². The van der Waals surface area contributed by atoms with Gasteiger partial charge < -0.3 is 15.8 Å². The number of hydrogen-bond acceptors (Lipinski definition) is 2. The molecule has 0 aliphatic heterocycles.